The van der Waals surface area contributed by atoms with E-state index in [0.29, 0.717) is 5.78 Å². The van der Waals surface area contributed by atoms with Crippen molar-refractivity contribution < 1.29 is 4.79 Å². The standard InChI is InChI=1S/C11H21NO/c1-2-3-8-12-9-10-4-6-11(13)7-5-10/h10,12H,2-9H2,1H3. The number of hydrogen-bond donors (Lipinski definition) is 1. The van der Waals surface area contributed by atoms with Crippen molar-refractivity contribution in [2.24, 2.45) is 5.92 Å². The van der Waals surface area contributed by atoms with Gasteiger partial charge in [0.15, 0.2) is 0 Å². The second-order valence-electron chi connectivity index (χ2n) is 4.04. The Labute approximate surface area is 81.1 Å². The summed E-state index contributed by atoms with van der Waals surface area (Å²) in [5, 5.41) is 3.46. The van der Waals surface area contributed by atoms with Crippen LogP contribution in [-0.2, 0) is 4.79 Å². The number of carbonyl (C=O) groups is 1. The summed E-state index contributed by atoms with van der Waals surface area (Å²) in [5.41, 5.74) is 0. The molecule has 0 radical (unpaired) electrons. The summed E-state index contributed by atoms with van der Waals surface area (Å²) in [5.74, 6) is 1.22. The van der Waals surface area contributed by atoms with Crippen LogP contribution in [-0.4, -0.2) is 18.9 Å². The molecule has 0 unspecified atom stereocenters. The van der Waals surface area contributed by atoms with E-state index in [2.05, 4.69) is 12.2 Å². The van der Waals surface area contributed by atoms with E-state index in [-0.39, 0.29) is 0 Å². The molecule has 0 atom stereocenters. The maximum atomic E-state index is 11.0. The minimum absolute atomic E-state index is 0.463. The minimum Gasteiger partial charge on any atom is -0.316 e. The second-order valence-corrected chi connectivity index (χ2v) is 4.04. The first-order valence-corrected chi connectivity index (χ1v) is 5.55. The molecule has 0 saturated heterocycles. The molecule has 0 aliphatic heterocycles. The van der Waals surface area contributed by atoms with Crippen LogP contribution in [0.2, 0.25) is 0 Å². The normalized spacial score (nSPS) is 19.3. The molecule has 1 aliphatic carbocycles. The van der Waals surface area contributed by atoms with E-state index >= 15 is 0 Å². The fraction of sp³-hybridized carbons (Fsp3) is 0.909. The Morgan fingerprint density at radius 1 is 1.38 bits per heavy atom. The van der Waals surface area contributed by atoms with Gasteiger partial charge in [0.05, 0.1) is 0 Å². The van der Waals surface area contributed by atoms with Crippen LogP contribution < -0.4 is 5.32 Å². The minimum atomic E-state index is 0.463. The Balaban J connectivity index is 1.99. The lowest BCUT2D eigenvalue weighted by molar-refractivity contribution is -0.120. The first kappa shape index (κ1) is 10.7. The van der Waals surface area contributed by atoms with Crippen molar-refractivity contribution in [1.82, 2.24) is 5.32 Å². The Bertz CT molecular complexity index is 146. The maximum absolute atomic E-state index is 11.0. The van der Waals surface area contributed by atoms with Crippen LogP contribution in [0.3, 0.4) is 0 Å². The topological polar surface area (TPSA) is 29.1 Å². The van der Waals surface area contributed by atoms with Crippen molar-refractivity contribution in [2.75, 3.05) is 13.1 Å². The van der Waals surface area contributed by atoms with Gasteiger partial charge in [0.2, 0.25) is 0 Å². The van der Waals surface area contributed by atoms with Crippen molar-refractivity contribution in [1.29, 1.82) is 0 Å². The number of nitrogens with one attached hydrogen (secondary N) is 1. The number of Topliss-reactive ketones (excluding diaryl/α,β-unsaturated/α-hetero) is 1. The number of ketones is 1. The molecule has 0 aromatic carbocycles. The van der Waals surface area contributed by atoms with Gasteiger partial charge in [-0.05, 0) is 38.3 Å². The smallest absolute Gasteiger partial charge is 0.132 e. The number of carbonyl (C=O) groups excluding carboxylic acids is 1. The highest BCUT2D eigenvalue weighted by molar-refractivity contribution is 5.79. The predicted molar refractivity (Wildman–Crippen MR) is 54.7 cm³/mol. The Kier molecular flexibility index (Phi) is 5.06. The zero-order valence-electron chi connectivity index (χ0n) is 8.64. The Hall–Kier alpha value is -0.370. The summed E-state index contributed by atoms with van der Waals surface area (Å²) >= 11 is 0. The van der Waals surface area contributed by atoms with Crippen LogP contribution in [0.5, 0.6) is 0 Å². The molecule has 0 spiro atoms. The third-order valence-electron chi connectivity index (χ3n) is 2.80. The van der Waals surface area contributed by atoms with E-state index in [0.717, 1.165) is 44.7 Å². The quantitative estimate of drug-likeness (QED) is 0.662. The van der Waals surface area contributed by atoms with Crippen LogP contribution in [0.4, 0.5) is 0 Å². The number of unbranched alkanes of at least 4 members (excludes halogenated alkanes) is 1. The zero-order valence-corrected chi connectivity index (χ0v) is 8.64. The molecule has 1 saturated carbocycles. The van der Waals surface area contributed by atoms with Gasteiger partial charge >= 0.3 is 0 Å². The van der Waals surface area contributed by atoms with Gasteiger partial charge in [-0.3, -0.25) is 4.79 Å². The summed E-state index contributed by atoms with van der Waals surface area (Å²) in [6, 6.07) is 0. The van der Waals surface area contributed by atoms with Crippen molar-refractivity contribution in [3.05, 3.63) is 0 Å². The van der Waals surface area contributed by atoms with Gasteiger partial charge in [0.1, 0.15) is 5.78 Å². The van der Waals surface area contributed by atoms with Gasteiger partial charge in [-0.1, -0.05) is 13.3 Å². The van der Waals surface area contributed by atoms with Crippen LogP contribution in [0, 0.1) is 5.92 Å². The van der Waals surface area contributed by atoms with Gasteiger partial charge in [-0.25, -0.2) is 0 Å². The van der Waals surface area contributed by atoms with E-state index < -0.39 is 0 Å². The molecule has 2 nitrogen and oxygen atoms in total. The monoisotopic (exact) mass is 183 g/mol. The van der Waals surface area contributed by atoms with E-state index in [1.54, 1.807) is 0 Å². The van der Waals surface area contributed by atoms with Crippen molar-refractivity contribution in [2.45, 2.75) is 45.4 Å². The second kappa shape index (κ2) is 6.14. The van der Waals surface area contributed by atoms with E-state index in [1.165, 1.54) is 12.8 Å². The predicted octanol–water partition coefficient (Wildman–Crippen LogP) is 2.14. The van der Waals surface area contributed by atoms with Crippen LogP contribution in [0.25, 0.3) is 0 Å². The summed E-state index contributed by atoms with van der Waals surface area (Å²) in [6.45, 7) is 4.47. The molecular formula is C11H21NO. The largest absolute Gasteiger partial charge is 0.316 e. The maximum Gasteiger partial charge on any atom is 0.132 e. The number of rotatable bonds is 5. The molecule has 1 aliphatic rings. The summed E-state index contributed by atoms with van der Waals surface area (Å²) in [7, 11) is 0. The fourth-order valence-corrected chi connectivity index (χ4v) is 1.81. The third kappa shape index (κ3) is 4.41. The van der Waals surface area contributed by atoms with E-state index in [1.807, 2.05) is 0 Å². The molecule has 0 aromatic heterocycles. The first-order chi connectivity index (χ1) is 6.33. The van der Waals surface area contributed by atoms with Crippen LogP contribution in [0.1, 0.15) is 45.4 Å². The van der Waals surface area contributed by atoms with Gasteiger partial charge in [0, 0.05) is 12.8 Å². The molecule has 13 heavy (non-hydrogen) atoms. The van der Waals surface area contributed by atoms with Gasteiger partial charge < -0.3 is 5.32 Å². The molecule has 1 rings (SSSR count). The van der Waals surface area contributed by atoms with Crippen LogP contribution >= 0.6 is 0 Å². The molecule has 0 amide bonds. The molecule has 1 fully saturated rings. The average molecular weight is 183 g/mol. The zero-order chi connectivity index (χ0) is 9.52. The molecule has 0 heterocycles. The molecule has 2 heteroatoms. The highest BCUT2D eigenvalue weighted by atomic mass is 16.1. The first-order valence-electron chi connectivity index (χ1n) is 5.55. The summed E-state index contributed by atoms with van der Waals surface area (Å²) < 4.78 is 0. The van der Waals surface area contributed by atoms with Gasteiger partial charge in [-0.15, -0.1) is 0 Å². The Morgan fingerprint density at radius 2 is 2.08 bits per heavy atom. The van der Waals surface area contributed by atoms with E-state index in [4.69, 9.17) is 0 Å². The fourth-order valence-electron chi connectivity index (χ4n) is 1.81. The van der Waals surface area contributed by atoms with Crippen molar-refractivity contribution >= 4 is 5.78 Å². The number of hydrogen-bond acceptors (Lipinski definition) is 2. The molecule has 0 bridgehead atoms. The lowest BCUT2D eigenvalue weighted by Crippen LogP contribution is -2.27. The van der Waals surface area contributed by atoms with Gasteiger partial charge in [-0.2, -0.15) is 0 Å². The molecular weight excluding hydrogens is 162 g/mol. The highest BCUT2D eigenvalue weighted by Crippen LogP contribution is 2.20. The Morgan fingerprint density at radius 3 is 2.69 bits per heavy atom. The van der Waals surface area contributed by atoms with Crippen LogP contribution in [0.15, 0.2) is 0 Å². The lowest BCUT2D eigenvalue weighted by atomic mass is 9.88. The molecule has 76 valence electrons. The lowest BCUT2D eigenvalue weighted by Gasteiger charge is -2.21. The average Bonchev–Trinajstić information content (AvgIpc) is 2.15. The molecule has 1 N–H and O–H groups in total. The highest BCUT2D eigenvalue weighted by Gasteiger charge is 2.17. The molecule has 0 aromatic rings. The van der Waals surface area contributed by atoms with E-state index in [9.17, 15) is 4.79 Å². The van der Waals surface area contributed by atoms with Gasteiger partial charge in [0.25, 0.3) is 0 Å². The summed E-state index contributed by atoms with van der Waals surface area (Å²) in [4.78, 5) is 11.0. The van der Waals surface area contributed by atoms with Crippen molar-refractivity contribution in [3.63, 3.8) is 0 Å². The third-order valence-corrected chi connectivity index (χ3v) is 2.80. The SMILES string of the molecule is CCCCNCC1CCC(=O)CC1. The summed E-state index contributed by atoms with van der Waals surface area (Å²) in [6.07, 6.45) is 6.39. The van der Waals surface area contributed by atoms with Crippen molar-refractivity contribution in [3.8, 4) is 0 Å².